The summed E-state index contributed by atoms with van der Waals surface area (Å²) in [5.74, 6) is -0.669. The van der Waals surface area contributed by atoms with Crippen LogP contribution in [0.3, 0.4) is 0 Å². The van der Waals surface area contributed by atoms with Crippen molar-refractivity contribution in [3.63, 3.8) is 0 Å². The maximum absolute atomic E-state index is 11.9. The Balaban J connectivity index is 1.98. The van der Waals surface area contributed by atoms with E-state index in [1.165, 1.54) is 0 Å². The second-order valence-electron chi connectivity index (χ2n) is 5.86. The Kier molecular flexibility index (Phi) is 6.03. The summed E-state index contributed by atoms with van der Waals surface area (Å²) in [4.78, 5) is 27.2. The van der Waals surface area contributed by atoms with Gasteiger partial charge in [-0.3, -0.25) is 10.0 Å². The van der Waals surface area contributed by atoms with Crippen molar-refractivity contribution in [3.05, 3.63) is 64.7 Å². The van der Waals surface area contributed by atoms with Gasteiger partial charge >= 0.3 is 6.03 Å². The van der Waals surface area contributed by atoms with Crippen molar-refractivity contribution in [1.82, 2.24) is 5.48 Å². The lowest BCUT2D eigenvalue weighted by atomic mass is 10.0. The number of rotatable bonds is 4. The minimum absolute atomic E-state index is 0.100. The maximum Gasteiger partial charge on any atom is 0.345 e. The van der Waals surface area contributed by atoms with E-state index in [1.54, 1.807) is 36.0 Å². The average Bonchev–Trinajstić information content (AvgIpc) is 2.62. The van der Waals surface area contributed by atoms with Gasteiger partial charge in [0, 0.05) is 23.4 Å². The number of carbonyl (C=O) groups is 2. The van der Waals surface area contributed by atoms with Crippen LogP contribution in [0.4, 0.5) is 10.5 Å². The summed E-state index contributed by atoms with van der Waals surface area (Å²) >= 11 is 0. The Morgan fingerprint density at radius 3 is 2.36 bits per heavy atom. The number of aliphatic imine (C=N–C) groups is 1. The number of anilines is 1. The van der Waals surface area contributed by atoms with Gasteiger partial charge in [0.05, 0.1) is 0 Å². The molecule has 2 rings (SSSR count). The molecule has 2 aromatic rings. The maximum atomic E-state index is 11.9. The zero-order chi connectivity index (χ0) is 18.4. The minimum atomic E-state index is -0.569. The smallest absolute Gasteiger partial charge is 0.306 e. The van der Waals surface area contributed by atoms with Crippen LogP contribution in [0, 0.1) is 13.8 Å². The Labute approximate surface area is 146 Å². The molecule has 0 saturated heterocycles. The van der Waals surface area contributed by atoms with Crippen LogP contribution < -0.4 is 10.8 Å². The topological polar surface area (TPSA) is 90.8 Å². The fourth-order valence-corrected chi connectivity index (χ4v) is 2.24. The molecule has 0 aliphatic heterocycles. The molecule has 0 spiro atoms. The standard InChI is InChI=1S/C19H21N3O3/c1-12-4-9-17(10-13(12)2)21-19(24)20-11-14(3)15-5-7-16(8-6-15)18(23)22-25/h4-11,14,25H,1-3H3,(H,21,24)(H,22,23)/b20-11-. The first kappa shape index (κ1) is 18.4. The molecule has 0 aliphatic rings. The molecule has 1 atom stereocenters. The molecule has 0 heterocycles. The summed E-state index contributed by atoms with van der Waals surface area (Å²) in [5.41, 5.74) is 5.80. The van der Waals surface area contributed by atoms with E-state index in [0.29, 0.717) is 11.3 Å². The number of amides is 3. The summed E-state index contributed by atoms with van der Waals surface area (Å²) in [6.07, 6.45) is 1.55. The molecule has 0 bridgehead atoms. The van der Waals surface area contributed by atoms with E-state index >= 15 is 0 Å². The van der Waals surface area contributed by atoms with Crippen molar-refractivity contribution in [2.24, 2.45) is 4.99 Å². The first-order valence-corrected chi connectivity index (χ1v) is 7.87. The molecule has 0 fully saturated rings. The molecule has 2 aromatic carbocycles. The lowest BCUT2D eigenvalue weighted by Crippen LogP contribution is -2.18. The number of urea groups is 1. The lowest BCUT2D eigenvalue weighted by molar-refractivity contribution is 0.0706. The minimum Gasteiger partial charge on any atom is -0.306 e. The van der Waals surface area contributed by atoms with Crippen LogP contribution in [0.1, 0.15) is 39.9 Å². The van der Waals surface area contributed by atoms with Gasteiger partial charge in [-0.1, -0.05) is 25.1 Å². The lowest BCUT2D eigenvalue weighted by Gasteiger charge is -2.08. The number of carbonyl (C=O) groups excluding carboxylic acids is 2. The van der Waals surface area contributed by atoms with E-state index in [9.17, 15) is 9.59 Å². The number of nitrogens with one attached hydrogen (secondary N) is 2. The normalized spacial score (nSPS) is 12.0. The highest BCUT2D eigenvalue weighted by molar-refractivity contribution is 5.96. The van der Waals surface area contributed by atoms with E-state index in [0.717, 1.165) is 16.7 Å². The molecule has 0 aromatic heterocycles. The Morgan fingerprint density at radius 2 is 1.76 bits per heavy atom. The largest absolute Gasteiger partial charge is 0.345 e. The average molecular weight is 339 g/mol. The van der Waals surface area contributed by atoms with Crippen molar-refractivity contribution in [1.29, 1.82) is 0 Å². The molecule has 3 N–H and O–H groups in total. The third-order valence-electron chi connectivity index (χ3n) is 3.97. The summed E-state index contributed by atoms with van der Waals surface area (Å²) in [6.45, 7) is 5.89. The van der Waals surface area contributed by atoms with Gasteiger partial charge < -0.3 is 5.32 Å². The summed E-state index contributed by atoms with van der Waals surface area (Å²) in [7, 11) is 0. The number of aryl methyl sites for hydroxylation is 2. The van der Waals surface area contributed by atoms with Crippen molar-refractivity contribution >= 4 is 23.8 Å². The highest BCUT2D eigenvalue weighted by atomic mass is 16.5. The Bertz CT molecular complexity index is 798. The summed E-state index contributed by atoms with van der Waals surface area (Å²) in [6, 6.07) is 11.9. The van der Waals surface area contributed by atoms with E-state index < -0.39 is 11.9 Å². The number of nitrogens with zero attached hydrogens (tertiary/aromatic N) is 1. The molecule has 0 aliphatic carbocycles. The van der Waals surface area contributed by atoms with Crippen molar-refractivity contribution < 1.29 is 14.8 Å². The van der Waals surface area contributed by atoms with Gasteiger partial charge in [0.2, 0.25) is 0 Å². The molecule has 6 nitrogen and oxygen atoms in total. The quantitative estimate of drug-likeness (QED) is 0.449. The van der Waals surface area contributed by atoms with Gasteiger partial charge in [-0.2, -0.15) is 0 Å². The molecule has 0 saturated carbocycles. The number of benzene rings is 2. The van der Waals surface area contributed by atoms with E-state index in [1.807, 2.05) is 39.0 Å². The van der Waals surface area contributed by atoms with E-state index in [2.05, 4.69) is 10.3 Å². The third-order valence-corrected chi connectivity index (χ3v) is 3.97. The van der Waals surface area contributed by atoms with Gasteiger partial charge in [-0.25, -0.2) is 15.3 Å². The van der Waals surface area contributed by atoms with Gasteiger partial charge in [0.1, 0.15) is 0 Å². The highest BCUT2D eigenvalue weighted by Gasteiger charge is 2.07. The van der Waals surface area contributed by atoms with Gasteiger partial charge in [0.25, 0.3) is 5.91 Å². The van der Waals surface area contributed by atoms with Crippen LogP contribution in [0.5, 0.6) is 0 Å². The number of hydroxylamine groups is 1. The van der Waals surface area contributed by atoms with Crippen molar-refractivity contribution in [3.8, 4) is 0 Å². The monoisotopic (exact) mass is 339 g/mol. The van der Waals surface area contributed by atoms with Crippen molar-refractivity contribution in [2.75, 3.05) is 5.32 Å². The van der Waals surface area contributed by atoms with Gasteiger partial charge in [-0.05, 0) is 54.8 Å². The highest BCUT2D eigenvalue weighted by Crippen LogP contribution is 2.16. The predicted octanol–water partition coefficient (Wildman–Crippen LogP) is 3.83. The first-order valence-electron chi connectivity index (χ1n) is 7.87. The number of hydrogen-bond acceptors (Lipinski definition) is 3. The Morgan fingerprint density at radius 1 is 1.08 bits per heavy atom. The van der Waals surface area contributed by atoms with Crippen molar-refractivity contribution in [2.45, 2.75) is 26.7 Å². The van der Waals surface area contributed by atoms with E-state index in [4.69, 9.17) is 5.21 Å². The van der Waals surface area contributed by atoms with Gasteiger partial charge in [0.15, 0.2) is 0 Å². The molecule has 130 valence electrons. The zero-order valence-electron chi connectivity index (χ0n) is 14.4. The molecule has 6 heteroatoms. The fraction of sp³-hybridized carbons (Fsp3) is 0.211. The van der Waals surface area contributed by atoms with Crippen LogP contribution in [0.2, 0.25) is 0 Å². The van der Waals surface area contributed by atoms with Crippen LogP contribution in [0.15, 0.2) is 47.5 Å². The van der Waals surface area contributed by atoms with Gasteiger partial charge in [-0.15, -0.1) is 0 Å². The fourth-order valence-electron chi connectivity index (χ4n) is 2.24. The molecule has 25 heavy (non-hydrogen) atoms. The molecule has 3 amide bonds. The predicted molar refractivity (Wildman–Crippen MR) is 97.5 cm³/mol. The SMILES string of the molecule is Cc1ccc(NC(=O)/N=C\C(C)c2ccc(C(=O)NO)cc2)cc1C. The van der Waals surface area contributed by atoms with Crippen LogP contribution >= 0.6 is 0 Å². The number of hydrogen-bond donors (Lipinski definition) is 3. The third kappa shape index (κ3) is 4.99. The molecule has 0 radical (unpaired) electrons. The molecular weight excluding hydrogens is 318 g/mol. The first-order chi connectivity index (χ1) is 11.9. The second-order valence-corrected chi connectivity index (χ2v) is 5.86. The summed E-state index contributed by atoms with van der Waals surface area (Å²) < 4.78 is 0. The van der Waals surface area contributed by atoms with Crippen LogP contribution in [-0.2, 0) is 0 Å². The van der Waals surface area contributed by atoms with Crippen LogP contribution in [-0.4, -0.2) is 23.4 Å². The summed E-state index contributed by atoms with van der Waals surface area (Å²) in [5, 5.41) is 11.3. The second kappa shape index (κ2) is 8.21. The van der Waals surface area contributed by atoms with Crippen LogP contribution in [0.25, 0.3) is 0 Å². The molecular formula is C19H21N3O3. The zero-order valence-corrected chi connectivity index (χ0v) is 14.4. The molecule has 1 unspecified atom stereocenters. The van der Waals surface area contributed by atoms with E-state index in [-0.39, 0.29) is 5.92 Å². The Hall–Kier alpha value is -2.99.